The van der Waals surface area contributed by atoms with Gasteiger partial charge in [0.25, 0.3) is 0 Å². The number of nitrogens with zero attached hydrogens (tertiary/aromatic N) is 3. The van der Waals surface area contributed by atoms with Crippen molar-refractivity contribution in [3.63, 3.8) is 0 Å². The van der Waals surface area contributed by atoms with Crippen molar-refractivity contribution >= 4 is 47.5 Å². The largest absolute Gasteiger partial charge is 0.390 e. The summed E-state index contributed by atoms with van der Waals surface area (Å²) in [5, 5.41) is 14.2. The number of amides is 1. The highest BCUT2D eigenvalue weighted by Gasteiger charge is 2.33. The van der Waals surface area contributed by atoms with Crippen LogP contribution < -0.4 is 5.32 Å². The van der Waals surface area contributed by atoms with Crippen LogP contribution in [0.1, 0.15) is 26.3 Å². The van der Waals surface area contributed by atoms with Crippen molar-refractivity contribution in [1.29, 1.82) is 0 Å². The Labute approximate surface area is 241 Å². The van der Waals surface area contributed by atoms with Gasteiger partial charge in [0, 0.05) is 27.2 Å². The van der Waals surface area contributed by atoms with Crippen molar-refractivity contribution in [1.82, 2.24) is 18.9 Å². The zero-order valence-electron chi connectivity index (χ0n) is 23.4. The minimum absolute atomic E-state index is 0.0347. The molecule has 3 aromatic rings. The van der Waals surface area contributed by atoms with Gasteiger partial charge in [-0.2, -0.15) is 4.31 Å². The minimum atomic E-state index is -3.99. The van der Waals surface area contributed by atoms with Crippen LogP contribution in [0, 0.1) is 11.8 Å². The fourth-order valence-corrected chi connectivity index (χ4v) is 7.70. The van der Waals surface area contributed by atoms with Crippen LogP contribution in [0.4, 0.5) is 0 Å². The molecule has 2 N–H and O–H groups in total. The predicted octanol–water partition coefficient (Wildman–Crippen LogP) is 2.56. The van der Waals surface area contributed by atoms with Crippen molar-refractivity contribution < 1.29 is 26.7 Å². The molecule has 3 atom stereocenters. The molecule has 40 heavy (non-hydrogen) atoms. The molecule has 0 saturated carbocycles. The summed E-state index contributed by atoms with van der Waals surface area (Å²) in [5.74, 6) is -1.86. The maximum atomic E-state index is 13.7. The average Bonchev–Trinajstić information content (AvgIpc) is 3.36. The number of aliphatic hydroxyl groups is 1. The molecule has 0 aliphatic carbocycles. The standard InChI is InChI=1S/C27H38N4O6S3/c1-19(2)15-31(40(36,37)22-11-12-23-26(14-22)38-18-28-23)16-25(32)24(13-21-9-7-6-8-10-21)29-27(33)20(3)17-39(34,35)30(4)5/h6-12,14,18-20,24-25,32H,13,15-17H2,1-5H3,(H,29,33)/t20-,24+,25-/m1/s1. The number of carbonyl (C=O) groups excluding carboxylic acids is 1. The van der Waals surface area contributed by atoms with Crippen LogP contribution >= 0.6 is 11.3 Å². The topological polar surface area (TPSA) is 137 Å². The molecule has 0 aliphatic heterocycles. The number of rotatable bonds is 14. The summed E-state index contributed by atoms with van der Waals surface area (Å²) in [6, 6.07) is 13.1. The Kier molecular flexibility index (Phi) is 10.8. The molecule has 13 heteroatoms. The Bertz CT molecular complexity index is 1490. The highest BCUT2D eigenvalue weighted by molar-refractivity contribution is 7.89. The van der Waals surface area contributed by atoms with Gasteiger partial charge in [-0.15, -0.1) is 11.3 Å². The van der Waals surface area contributed by atoms with Gasteiger partial charge in [0.2, 0.25) is 26.0 Å². The number of benzene rings is 2. The highest BCUT2D eigenvalue weighted by atomic mass is 32.2. The molecule has 3 rings (SSSR count). The van der Waals surface area contributed by atoms with E-state index in [-0.39, 0.29) is 30.3 Å². The molecule has 0 unspecified atom stereocenters. The third kappa shape index (κ3) is 8.30. The monoisotopic (exact) mass is 610 g/mol. The summed E-state index contributed by atoms with van der Waals surface area (Å²) in [4.78, 5) is 17.4. The maximum Gasteiger partial charge on any atom is 0.243 e. The lowest BCUT2D eigenvalue weighted by Gasteiger charge is -2.31. The normalized spacial score (nSPS) is 15.0. The Balaban J connectivity index is 1.88. The molecule has 2 aromatic carbocycles. The van der Waals surface area contributed by atoms with E-state index in [0.717, 1.165) is 14.6 Å². The lowest BCUT2D eigenvalue weighted by Crippen LogP contribution is -2.52. The Morgan fingerprint density at radius 2 is 1.70 bits per heavy atom. The summed E-state index contributed by atoms with van der Waals surface area (Å²) in [5.41, 5.74) is 3.18. The minimum Gasteiger partial charge on any atom is -0.390 e. The number of thiazole rings is 1. The third-order valence-electron chi connectivity index (χ3n) is 6.46. The molecule has 0 spiro atoms. The van der Waals surface area contributed by atoms with Gasteiger partial charge in [-0.05, 0) is 36.1 Å². The van der Waals surface area contributed by atoms with Crippen LogP contribution in [-0.2, 0) is 31.3 Å². The van der Waals surface area contributed by atoms with Gasteiger partial charge in [-0.25, -0.2) is 26.1 Å². The van der Waals surface area contributed by atoms with Crippen LogP contribution in [0.5, 0.6) is 0 Å². The Hall–Kier alpha value is -2.42. The number of carbonyl (C=O) groups is 1. The number of hydrogen-bond donors (Lipinski definition) is 2. The molecule has 1 amide bonds. The maximum absolute atomic E-state index is 13.7. The summed E-state index contributed by atoms with van der Waals surface area (Å²) in [7, 11) is -4.82. The van der Waals surface area contributed by atoms with Crippen molar-refractivity contribution in [2.75, 3.05) is 32.9 Å². The van der Waals surface area contributed by atoms with Crippen LogP contribution in [-0.4, -0.2) is 86.5 Å². The van der Waals surface area contributed by atoms with Crippen LogP contribution in [0.25, 0.3) is 10.2 Å². The van der Waals surface area contributed by atoms with E-state index in [1.807, 2.05) is 44.2 Å². The van der Waals surface area contributed by atoms with Gasteiger partial charge in [0.15, 0.2) is 0 Å². The Morgan fingerprint density at radius 1 is 1.02 bits per heavy atom. The van der Waals surface area contributed by atoms with E-state index in [0.29, 0.717) is 5.52 Å². The summed E-state index contributed by atoms with van der Waals surface area (Å²) in [6.07, 6.45) is -1.05. The first-order valence-corrected chi connectivity index (χ1v) is 16.9. The first kappa shape index (κ1) is 32.1. The summed E-state index contributed by atoms with van der Waals surface area (Å²) < 4.78 is 55.2. The number of sulfonamides is 2. The van der Waals surface area contributed by atoms with Crippen molar-refractivity contribution in [2.24, 2.45) is 11.8 Å². The SMILES string of the molecule is CC(C)CN(C[C@@H](O)[C@H](Cc1ccccc1)NC(=O)[C@H](C)CS(=O)(=O)N(C)C)S(=O)(=O)c1ccc2ncsc2c1. The predicted molar refractivity (Wildman–Crippen MR) is 158 cm³/mol. The van der Waals surface area contributed by atoms with E-state index >= 15 is 0 Å². The zero-order chi connectivity index (χ0) is 29.7. The van der Waals surface area contributed by atoms with Crippen molar-refractivity contribution in [2.45, 2.75) is 44.2 Å². The molecule has 0 fully saturated rings. The van der Waals surface area contributed by atoms with Gasteiger partial charge < -0.3 is 10.4 Å². The third-order valence-corrected chi connectivity index (χ3v) is 11.1. The van der Waals surface area contributed by atoms with Crippen LogP contribution in [0.3, 0.4) is 0 Å². The summed E-state index contributed by atoms with van der Waals surface area (Å²) in [6.45, 7) is 5.18. The quantitative estimate of drug-likeness (QED) is 0.286. The molecular weight excluding hydrogens is 573 g/mol. The number of aromatic nitrogens is 1. The number of fused-ring (bicyclic) bond motifs is 1. The first-order chi connectivity index (χ1) is 18.7. The van der Waals surface area contributed by atoms with Crippen LogP contribution in [0.15, 0.2) is 58.9 Å². The second-order valence-corrected chi connectivity index (χ2v) is 15.6. The molecule has 220 valence electrons. The molecule has 10 nitrogen and oxygen atoms in total. The van der Waals surface area contributed by atoms with E-state index in [9.17, 15) is 26.7 Å². The Morgan fingerprint density at radius 3 is 2.33 bits per heavy atom. The number of aliphatic hydroxyl groups excluding tert-OH is 1. The van der Waals surface area contributed by atoms with E-state index in [4.69, 9.17) is 0 Å². The number of hydrogen-bond acceptors (Lipinski definition) is 8. The van der Waals surface area contributed by atoms with Gasteiger partial charge >= 0.3 is 0 Å². The second kappa shape index (κ2) is 13.5. The zero-order valence-corrected chi connectivity index (χ0v) is 25.8. The first-order valence-electron chi connectivity index (χ1n) is 13.0. The van der Waals surface area contributed by atoms with E-state index in [1.165, 1.54) is 42.7 Å². The smallest absolute Gasteiger partial charge is 0.243 e. The second-order valence-electron chi connectivity index (χ2n) is 10.5. The molecular formula is C27H38N4O6S3. The molecule has 1 heterocycles. The van der Waals surface area contributed by atoms with E-state index in [2.05, 4.69) is 10.3 Å². The molecule has 0 aliphatic rings. The van der Waals surface area contributed by atoms with Crippen LogP contribution in [0.2, 0.25) is 0 Å². The van der Waals surface area contributed by atoms with Gasteiger partial charge in [0.1, 0.15) is 0 Å². The average molecular weight is 611 g/mol. The highest BCUT2D eigenvalue weighted by Crippen LogP contribution is 2.25. The lowest BCUT2D eigenvalue weighted by atomic mass is 10.00. The fraction of sp³-hybridized carbons (Fsp3) is 0.481. The van der Waals surface area contributed by atoms with Crippen molar-refractivity contribution in [3.8, 4) is 0 Å². The van der Waals surface area contributed by atoms with Gasteiger partial charge in [-0.3, -0.25) is 4.79 Å². The number of nitrogens with one attached hydrogen (secondary N) is 1. The van der Waals surface area contributed by atoms with E-state index < -0.39 is 49.8 Å². The molecule has 0 radical (unpaired) electrons. The fourth-order valence-electron chi connectivity index (χ4n) is 4.18. The van der Waals surface area contributed by atoms with Gasteiger partial charge in [0.05, 0.1) is 44.4 Å². The lowest BCUT2D eigenvalue weighted by molar-refractivity contribution is -0.125. The van der Waals surface area contributed by atoms with Gasteiger partial charge in [-0.1, -0.05) is 51.1 Å². The molecule has 0 saturated heterocycles. The van der Waals surface area contributed by atoms with Crippen molar-refractivity contribution in [3.05, 3.63) is 59.6 Å². The molecule has 1 aromatic heterocycles. The summed E-state index contributed by atoms with van der Waals surface area (Å²) >= 11 is 1.34. The molecule has 0 bridgehead atoms. The van der Waals surface area contributed by atoms with E-state index in [1.54, 1.807) is 17.6 Å².